The van der Waals surface area contributed by atoms with Gasteiger partial charge in [-0.25, -0.2) is 4.79 Å². The van der Waals surface area contributed by atoms with E-state index in [2.05, 4.69) is 15.3 Å². The zero-order chi connectivity index (χ0) is 19.2. The number of methoxy groups -OCH3 is 3. The predicted octanol–water partition coefficient (Wildman–Crippen LogP) is 1.86. The molecule has 1 N–H and O–H groups in total. The van der Waals surface area contributed by atoms with Crippen molar-refractivity contribution in [3.05, 3.63) is 30.3 Å². The van der Waals surface area contributed by atoms with Gasteiger partial charge in [0, 0.05) is 26.2 Å². The molecule has 0 aliphatic carbocycles. The van der Waals surface area contributed by atoms with Crippen LogP contribution in [0.3, 0.4) is 0 Å². The van der Waals surface area contributed by atoms with E-state index in [9.17, 15) is 4.79 Å². The SMILES string of the molecule is COc1cc(OC)nc(N2CCN(C(=O)Nc3ccccc3OC)CC2)n1. The summed E-state index contributed by atoms with van der Waals surface area (Å²) in [6, 6.07) is 8.78. The molecule has 9 heteroatoms. The van der Waals surface area contributed by atoms with E-state index in [1.807, 2.05) is 23.1 Å². The van der Waals surface area contributed by atoms with Crippen molar-refractivity contribution in [2.75, 3.05) is 57.7 Å². The average Bonchev–Trinajstić information content (AvgIpc) is 2.73. The first-order chi connectivity index (χ1) is 13.1. The van der Waals surface area contributed by atoms with Gasteiger partial charge >= 0.3 is 6.03 Å². The highest BCUT2D eigenvalue weighted by Gasteiger charge is 2.24. The molecule has 1 fully saturated rings. The zero-order valence-corrected chi connectivity index (χ0v) is 15.6. The highest BCUT2D eigenvalue weighted by molar-refractivity contribution is 5.91. The van der Waals surface area contributed by atoms with Crippen LogP contribution in [0.2, 0.25) is 0 Å². The van der Waals surface area contributed by atoms with Gasteiger partial charge in [-0.15, -0.1) is 0 Å². The number of para-hydroxylation sites is 2. The van der Waals surface area contributed by atoms with E-state index in [1.165, 1.54) is 0 Å². The minimum atomic E-state index is -0.164. The van der Waals surface area contributed by atoms with E-state index in [1.54, 1.807) is 38.4 Å². The van der Waals surface area contributed by atoms with Crippen molar-refractivity contribution >= 4 is 17.7 Å². The van der Waals surface area contributed by atoms with Crippen LogP contribution >= 0.6 is 0 Å². The van der Waals surface area contributed by atoms with Crippen molar-refractivity contribution in [1.29, 1.82) is 0 Å². The van der Waals surface area contributed by atoms with Crippen LogP contribution in [0.1, 0.15) is 0 Å². The van der Waals surface area contributed by atoms with Crippen LogP contribution in [-0.2, 0) is 0 Å². The van der Waals surface area contributed by atoms with Gasteiger partial charge in [-0.1, -0.05) is 12.1 Å². The Morgan fingerprint density at radius 1 is 0.963 bits per heavy atom. The van der Waals surface area contributed by atoms with Crippen molar-refractivity contribution in [1.82, 2.24) is 14.9 Å². The molecular formula is C18H23N5O4. The Kier molecular flexibility index (Phi) is 5.80. The van der Waals surface area contributed by atoms with Crippen molar-refractivity contribution in [2.45, 2.75) is 0 Å². The molecule has 2 amide bonds. The monoisotopic (exact) mass is 373 g/mol. The largest absolute Gasteiger partial charge is 0.495 e. The van der Waals surface area contributed by atoms with Crippen molar-refractivity contribution in [3.8, 4) is 17.5 Å². The van der Waals surface area contributed by atoms with Gasteiger partial charge < -0.3 is 29.3 Å². The molecule has 2 aromatic rings. The first-order valence-electron chi connectivity index (χ1n) is 8.55. The second-order valence-corrected chi connectivity index (χ2v) is 5.86. The number of nitrogens with one attached hydrogen (secondary N) is 1. The maximum atomic E-state index is 12.5. The average molecular weight is 373 g/mol. The quantitative estimate of drug-likeness (QED) is 0.856. The fraction of sp³-hybridized carbons (Fsp3) is 0.389. The number of ether oxygens (including phenoxy) is 3. The topological polar surface area (TPSA) is 89.1 Å². The molecule has 0 unspecified atom stereocenters. The Bertz CT molecular complexity index is 771. The van der Waals surface area contributed by atoms with E-state index >= 15 is 0 Å². The number of carbonyl (C=O) groups is 1. The number of hydrogen-bond donors (Lipinski definition) is 1. The van der Waals surface area contributed by atoms with Crippen LogP contribution in [0, 0.1) is 0 Å². The Balaban J connectivity index is 1.62. The van der Waals surface area contributed by atoms with Gasteiger partial charge in [0.15, 0.2) is 0 Å². The number of urea groups is 1. The third kappa shape index (κ3) is 4.30. The van der Waals surface area contributed by atoms with Gasteiger partial charge in [0.25, 0.3) is 0 Å². The molecule has 3 rings (SSSR count). The molecule has 1 saturated heterocycles. The van der Waals surface area contributed by atoms with Gasteiger partial charge in [-0.05, 0) is 12.1 Å². The van der Waals surface area contributed by atoms with E-state index in [-0.39, 0.29) is 6.03 Å². The summed E-state index contributed by atoms with van der Waals surface area (Å²) < 4.78 is 15.7. The number of hydrogen-bond acceptors (Lipinski definition) is 7. The molecule has 144 valence electrons. The molecule has 1 aliphatic rings. The minimum Gasteiger partial charge on any atom is -0.495 e. The molecule has 0 saturated carbocycles. The lowest BCUT2D eigenvalue weighted by atomic mass is 10.3. The van der Waals surface area contributed by atoms with Crippen LogP contribution in [0.25, 0.3) is 0 Å². The summed E-state index contributed by atoms with van der Waals surface area (Å²) in [7, 11) is 4.67. The smallest absolute Gasteiger partial charge is 0.322 e. The van der Waals surface area contributed by atoms with Crippen LogP contribution < -0.4 is 24.4 Å². The second kappa shape index (κ2) is 8.43. The number of carbonyl (C=O) groups excluding carboxylic acids is 1. The van der Waals surface area contributed by atoms with Gasteiger partial charge in [0.1, 0.15) is 5.75 Å². The van der Waals surface area contributed by atoms with Crippen LogP contribution in [0.15, 0.2) is 30.3 Å². The second-order valence-electron chi connectivity index (χ2n) is 5.86. The summed E-state index contributed by atoms with van der Waals surface area (Å²) in [5.74, 6) is 2.03. The normalized spacial score (nSPS) is 13.9. The van der Waals surface area contributed by atoms with Crippen LogP contribution in [-0.4, -0.2) is 68.4 Å². The van der Waals surface area contributed by atoms with Crippen LogP contribution in [0.5, 0.6) is 17.5 Å². The number of piperazine rings is 1. The van der Waals surface area contributed by atoms with Gasteiger partial charge in [-0.2, -0.15) is 9.97 Å². The highest BCUT2D eigenvalue weighted by Crippen LogP contribution is 2.24. The van der Waals surface area contributed by atoms with E-state index in [4.69, 9.17) is 14.2 Å². The summed E-state index contributed by atoms with van der Waals surface area (Å²) in [6.07, 6.45) is 0. The summed E-state index contributed by atoms with van der Waals surface area (Å²) in [5.41, 5.74) is 0.647. The Hall–Kier alpha value is -3.23. The summed E-state index contributed by atoms with van der Waals surface area (Å²) in [5, 5.41) is 2.89. The van der Waals surface area contributed by atoms with Crippen LogP contribution in [0.4, 0.5) is 16.4 Å². The Morgan fingerprint density at radius 3 is 2.19 bits per heavy atom. The number of rotatable bonds is 5. The molecular weight excluding hydrogens is 350 g/mol. The van der Waals surface area contributed by atoms with E-state index < -0.39 is 0 Å². The zero-order valence-electron chi connectivity index (χ0n) is 15.6. The van der Waals surface area contributed by atoms with Gasteiger partial charge in [0.2, 0.25) is 17.7 Å². The standard InChI is InChI=1S/C18H23N5O4/c1-25-14-7-5-4-6-13(14)19-18(24)23-10-8-22(9-11-23)17-20-15(26-2)12-16(21-17)27-3/h4-7,12H,8-11H2,1-3H3,(H,19,24). The third-order valence-electron chi connectivity index (χ3n) is 4.28. The third-order valence-corrected chi connectivity index (χ3v) is 4.28. The maximum absolute atomic E-state index is 12.5. The van der Waals surface area contributed by atoms with E-state index in [0.717, 1.165) is 0 Å². The molecule has 0 atom stereocenters. The lowest BCUT2D eigenvalue weighted by Gasteiger charge is -2.34. The van der Waals surface area contributed by atoms with Gasteiger partial charge in [0.05, 0.1) is 33.1 Å². The molecule has 0 spiro atoms. The minimum absolute atomic E-state index is 0.164. The van der Waals surface area contributed by atoms with Crippen molar-refractivity contribution < 1.29 is 19.0 Å². The molecule has 0 radical (unpaired) electrons. The highest BCUT2D eigenvalue weighted by atomic mass is 16.5. The Morgan fingerprint density at radius 2 is 1.59 bits per heavy atom. The molecule has 2 heterocycles. The predicted molar refractivity (Wildman–Crippen MR) is 101 cm³/mol. The number of nitrogens with zero attached hydrogens (tertiary/aromatic N) is 4. The summed E-state index contributed by atoms with van der Waals surface area (Å²) in [4.78, 5) is 25.0. The Labute approximate surface area is 157 Å². The fourth-order valence-electron chi connectivity index (χ4n) is 2.79. The lowest BCUT2D eigenvalue weighted by Crippen LogP contribution is -2.50. The fourth-order valence-corrected chi connectivity index (χ4v) is 2.79. The molecule has 0 bridgehead atoms. The number of anilines is 2. The van der Waals surface area contributed by atoms with E-state index in [0.29, 0.717) is 55.3 Å². The van der Waals surface area contributed by atoms with Crippen molar-refractivity contribution in [3.63, 3.8) is 0 Å². The molecule has 1 aliphatic heterocycles. The van der Waals surface area contributed by atoms with Crippen molar-refractivity contribution in [2.24, 2.45) is 0 Å². The number of benzene rings is 1. The number of amides is 2. The molecule has 1 aromatic carbocycles. The summed E-state index contributed by atoms with van der Waals surface area (Å²) >= 11 is 0. The van der Waals surface area contributed by atoms with Gasteiger partial charge in [-0.3, -0.25) is 0 Å². The molecule has 1 aromatic heterocycles. The number of aromatic nitrogens is 2. The summed E-state index contributed by atoms with van der Waals surface area (Å²) in [6.45, 7) is 2.30. The first-order valence-corrected chi connectivity index (χ1v) is 8.55. The molecule has 27 heavy (non-hydrogen) atoms. The first kappa shape index (κ1) is 18.6. The lowest BCUT2D eigenvalue weighted by molar-refractivity contribution is 0.207. The molecule has 9 nitrogen and oxygen atoms in total. The maximum Gasteiger partial charge on any atom is 0.322 e.